The van der Waals surface area contributed by atoms with Crippen molar-refractivity contribution in [3.05, 3.63) is 30.3 Å². The molecule has 1 saturated heterocycles. The molecule has 0 N–H and O–H groups in total. The van der Waals surface area contributed by atoms with Crippen molar-refractivity contribution < 1.29 is 4.79 Å². The maximum absolute atomic E-state index is 11.4. The van der Waals surface area contributed by atoms with E-state index in [0.717, 1.165) is 19.6 Å². The normalized spacial score (nSPS) is 21.0. The Hall–Kier alpha value is -1.51. The van der Waals surface area contributed by atoms with Crippen LogP contribution in [0.4, 0.5) is 5.69 Å². The summed E-state index contributed by atoms with van der Waals surface area (Å²) in [5.41, 5.74) is 1.25. The molecule has 0 radical (unpaired) electrons. The molecule has 0 aromatic heterocycles. The number of para-hydroxylation sites is 1. The zero-order chi connectivity index (χ0) is 11.5. The van der Waals surface area contributed by atoms with Crippen LogP contribution >= 0.6 is 0 Å². The molecule has 3 heteroatoms. The van der Waals surface area contributed by atoms with Gasteiger partial charge in [0.1, 0.15) is 0 Å². The topological polar surface area (TPSA) is 23.6 Å². The Balaban J connectivity index is 2.05. The van der Waals surface area contributed by atoms with Crippen molar-refractivity contribution >= 4 is 11.6 Å². The van der Waals surface area contributed by atoms with Gasteiger partial charge in [-0.15, -0.1) is 0 Å². The van der Waals surface area contributed by atoms with Gasteiger partial charge in [-0.3, -0.25) is 4.79 Å². The maximum atomic E-state index is 11.4. The third kappa shape index (κ3) is 2.18. The van der Waals surface area contributed by atoms with Crippen LogP contribution in [0.3, 0.4) is 0 Å². The SMILES string of the molecule is CC(=O)N1CCN(c2ccccc2)C[C@H]1C. The smallest absolute Gasteiger partial charge is 0.219 e. The monoisotopic (exact) mass is 218 g/mol. The summed E-state index contributed by atoms with van der Waals surface area (Å²) in [6.45, 7) is 6.42. The van der Waals surface area contributed by atoms with Crippen molar-refractivity contribution in [3.8, 4) is 0 Å². The molecule has 1 heterocycles. The van der Waals surface area contributed by atoms with Gasteiger partial charge in [-0.05, 0) is 19.1 Å². The molecule has 0 bridgehead atoms. The molecule has 1 aliphatic rings. The van der Waals surface area contributed by atoms with Crippen LogP contribution in [0.2, 0.25) is 0 Å². The number of piperazine rings is 1. The van der Waals surface area contributed by atoms with Crippen molar-refractivity contribution in [2.45, 2.75) is 19.9 Å². The quantitative estimate of drug-likeness (QED) is 0.717. The van der Waals surface area contributed by atoms with Crippen LogP contribution < -0.4 is 4.90 Å². The molecule has 0 aliphatic carbocycles. The number of nitrogens with zero attached hydrogens (tertiary/aromatic N) is 2. The summed E-state index contributed by atoms with van der Waals surface area (Å²) in [6, 6.07) is 10.7. The van der Waals surface area contributed by atoms with Gasteiger partial charge in [0, 0.05) is 38.3 Å². The first kappa shape index (κ1) is 11.0. The zero-order valence-corrected chi connectivity index (χ0v) is 9.89. The summed E-state index contributed by atoms with van der Waals surface area (Å²) >= 11 is 0. The van der Waals surface area contributed by atoms with Crippen molar-refractivity contribution in [1.82, 2.24) is 4.90 Å². The van der Waals surface area contributed by atoms with Gasteiger partial charge in [0.05, 0.1) is 0 Å². The van der Waals surface area contributed by atoms with Crippen molar-refractivity contribution in [1.29, 1.82) is 0 Å². The Morgan fingerprint density at radius 3 is 2.50 bits per heavy atom. The number of hydrogen-bond donors (Lipinski definition) is 0. The average Bonchev–Trinajstić information content (AvgIpc) is 2.29. The molecule has 1 aromatic carbocycles. The van der Waals surface area contributed by atoms with Crippen molar-refractivity contribution in [2.75, 3.05) is 24.5 Å². The Kier molecular flexibility index (Phi) is 3.13. The minimum absolute atomic E-state index is 0.181. The zero-order valence-electron chi connectivity index (χ0n) is 9.89. The molecule has 0 unspecified atom stereocenters. The summed E-state index contributed by atoms with van der Waals surface area (Å²) in [6.07, 6.45) is 0. The molecule has 2 rings (SSSR count). The molecule has 1 aromatic rings. The summed E-state index contributed by atoms with van der Waals surface area (Å²) in [4.78, 5) is 15.6. The van der Waals surface area contributed by atoms with Gasteiger partial charge in [-0.1, -0.05) is 18.2 Å². The molecular weight excluding hydrogens is 200 g/mol. The third-order valence-electron chi connectivity index (χ3n) is 3.15. The van der Waals surface area contributed by atoms with E-state index in [2.05, 4.69) is 36.1 Å². The predicted molar refractivity (Wildman–Crippen MR) is 65.5 cm³/mol. The summed E-state index contributed by atoms with van der Waals surface area (Å²) < 4.78 is 0. The van der Waals surface area contributed by atoms with E-state index in [9.17, 15) is 4.79 Å². The third-order valence-corrected chi connectivity index (χ3v) is 3.15. The predicted octanol–water partition coefficient (Wildman–Crippen LogP) is 1.74. The maximum Gasteiger partial charge on any atom is 0.219 e. The molecule has 0 saturated carbocycles. The lowest BCUT2D eigenvalue weighted by Gasteiger charge is -2.40. The molecular formula is C13H18N2O. The van der Waals surface area contributed by atoms with E-state index in [1.165, 1.54) is 5.69 Å². The lowest BCUT2D eigenvalue weighted by molar-refractivity contribution is -0.131. The second kappa shape index (κ2) is 4.56. The number of amides is 1. The van der Waals surface area contributed by atoms with Gasteiger partial charge in [-0.2, -0.15) is 0 Å². The lowest BCUT2D eigenvalue weighted by atomic mass is 10.1. The fourth-order valence-corrected chi connectivity index (χ4v) is 2.30. The molecule has 16 heavy (non-hydrogen) atoms. The summed E-state index contributed by atoms with van der Waals surface area (Å²) in [5.74, 6) is 0.181. The van der Waals surface area contributed by atoms with Crippen LogP contribution in [0.1, 0.15) is 13.8 Å². The molecule has 3 nitrogen and oxygen atoms in total. The van der Waals surface area contributed by atoms with Crippen molar-refractivity contribution in [2.24, 2.45) is 0 Å². The Labute approximate surface area is 96.7 Å². The minimum atomic E-state index is 0.181. The van der Waals surface area contributed by atoms with Crippen molar-refractivity contribution in [3.63, 3.8) is 0 Å². The Bertz CT molecular complexity index is 363. The highest BCUT2D eigenvalue weighted by molar-refractivity contribution is 5.74. The van der Waals surface area contributed by atoms with Gasteiger partial charge in [0.2, 0.25) is 5.91 Å². The summed E-state index contributed by atoms with van der Waals surface area (Å²) in [7, 11) is 0. The highest BCUT2D eigenvalue weighted by Crippen LogP contribution is 2.18. The van der Waals surface area contributed by atoms with Gasteiger partial charge in [0.25, 0.3) is 0 Å². The van der Waals surface area contributed by atoms with E-state index in [4.69, 9.17) is 0 Å². The van der Waals surface area contributed by atoms with Gasteiger partial charge in [0.15, 0.2) is 0 Å². The first-order valence-corrected chi connectivity index (χ1v) is 5.75. The fraction of sp³-hybridized carbons (Fsp3) is 0.462. The van der Waals surface area contributed by atoms with Crippen LogP contribution in [0.15, 0.2) is 30.3 Å². The Morgan fingerprint density at radius 1 is 1.25 bits per heavy atom. The van der Waals surface area contributed by atoms with E-state index in [-0.39, 0.29) is 5.91 Å². The van der Waals surface area contributed by atoms with Crippen LogP contribution in [0.25, 0.3) is 0 Å². The highest BCUT2D eigenvalue weighted by Gasteiger charge is 2.25. The molecule has 0 spiro atoms. The minimum Gasteiger partial charge on any atom is -0.368 e. The average molecular weight is 218 g/mol. The summed E-state index contributed by atoms with van der Waals surface area (Å²) in [5, 5.41) is 0. The number of carbonyl (C=O) groups is 1. The standard InChI is InChI=1S/C13H18N2O/c1-11-10-14(8-9-15(11)12(2)16)13-6-4-3-5-7-13/h3-7,11H,8-10H2,1-2H3/t11-/m1/s1. The number of hydrogen-bond acceptors (Lipinski definition) is 2. The van der Waals surface area contributed by atoms with Crippen LogP contribution in [-0.2, 0) is 4.79 Å². The molecule has 1 atom stereocenters. The van der Waals surface area contributed by atoms with E-state index < -0.39 is 0 Å². The fourth-order valence-electron chi connectivity index (χ4n) is 2.30. The van der Waals surface area contributed by atoms with Gasteiger partial charge >= 0.3 is 0 Å². The second-order valence-corrected chi connectivity index (χ2v) is 4.34. The molecule has 86 valence electrons. The Morgan fingerprint density at radius 2 is 1.94 bits per heavy atom. The number of rotatable bonds is 1. The largest absolute Gasteiger partial charge is 0.368 e. The molecule has 1 amide bonds. The number of benzene rings is 1. The van der Waals surface area contributed by atoms with E-state index >= 15 is 0 Å². The van der Waals surface area contributed by atoms with Crippen LogP contribution in [0, 0.1) is 0 Å². The van der Waals surface area contributed by atoms with E-state index in [1.54, 1.807) is 6.92 Å². The van der Waals surface area contributed by atoms with Crippen LogP contribution in [-0.4, -0.2) is 36.5 Å². The first-order chi connectivity index (χ1) is 7.68. The first-order valence-electron chi connectivity index (χ1n) is 5.75. The van der Waals surface area contributed by atoms with E-state index in [0.29, 0.717) is 6.04 Å². The van der Waals surface area contributed by atoms with E-state index in [1.807, 2.05) is 11.0 Å². The van der Waals surface area contributed by atoms with Gasteiger partial charge in [-0.25, -0.2) is 0 Å². The number of carbonyl (C=O) groups excluding carboxylic acids is 1. The number of anilines is 1. The highest BCUT2D eigenvalue weighted by atomic mass is 16.2. The van der Waals surface area contributed by atoms with Gasteiger partial charge < -0.3 is 9.80 Å². The molecule has 1 aliphatic heterocycles. The molecule has 1 fully saturated rings. The second-order valence-electron chi connectivity index (χ2n) is 4.34. The van der Waals surface area contributed by atoms with Crippen LogP contribution in [0.5, 0.6) is 0 Å². The lowest BCUT2D eigenvalue weighted by Crippen LogP contribution is -2.53.